The SMILES string of the molecule is C[C@H]1C=C[C@](C)(O)[C@H]2CN1C(=O)c1c(OCc3ccccc3)c(=O)c(C(=O)NCc3c(F)cc(F)cc3F)cn12. The van der Waals surface area contributed by atoms with E-state index in [9.17, 15) is 32.7 Å². The molecule has 2 aliphatic heterocycles. The van der Waals surface area contributed by atoms with Crippen molar-refractivity contribution in [2.45, 2.75) is 44.7 Å². The van der Waals surface area contributed by atoms with E-state index in [1.54, 1.807) is 56.3 Å². The number of carbonyl (C=O) groups is 2. The number of nitrogens with one attached hydrogen (secondary N) is 1. The Hall–Kier alpha value is -4.38. The average Bonchev–Trinajstić information content (AvgIpc) is 3.01. The van der Waals surface area contributed by atoms with Gasteiger partial charge in [-0.1, -0.05) is 42.5 Å². The topological polar surface area (TPSA) is 101 Å². The summed E-state index contributed by atoms with van der Waals surface area (Å²) in [5.41, 5.74) is -2.87. The van der Waals surface area contributed by atoms with Gasteiger partial charge in [0.25, 0.3) is 11.8 Å². The molecule has 208 valence electrons. The quantitative estimate of drug-likeness (QED) is 0.456. The van der Waals surface area contributed by atoms with Crippen LogP contribution in [0.15, 0.2) is 65.6 Å². The van der Waals surface area contributed by atoms with Crippen LogP contribution < -0.4 is 15.5 Å². The third kappa shape index (κ3) is 4.88. The van der Waals surface area contributed by atoms with Crippen molar-refractivity contribution < 1.29 is 32.6 Å². The Morgan fingerprint density at radius 3 is 2.50 bits per heavy atom. The Bertz CT molecular complexity index is 1560. The molecule has 2 bridgehead atoms. The Kier molecular flexibility index (Phi) is 7.01. The molecule has 0 spiro atoms. The summed E-state index contributed by atoms with van der Waals surface area (Å²) in [6.07, 6.45) is 4.40. The summed E-state index contributed by atoms with van der Waals surface area (Å²) in [5, 5.41) is 13.6. The number of fused-ring (bicyclic) bond motifs is 4. The number of nitrogens with zero attached hydrogens (tertiary/aromatic N) is 2. The van der Waals surface area contributed by atoms with Crippen LogP contribution in [0.4, 0.5) is 13.2 Å². The standard InChI is InChI=1S/C29H26F3N3O5/c1-16-8-9-29(2,39)23-14-34(16)28(38)24-26(40-15-17-6-4-3-5-7-17)25(36)20(13-35(23)24)27(37)33-12-19-21(31)10-18(30)11-22(19)32/h3-11,13,16,23,39H,12,14-15H2,1-2H3,(H,33,37)/t16-,23+,29-/m0/s1. The zero-order valence-corrected chi connectivity index (χ0v) is 21.7. The molecule has 3 heterocycles. The number of ether oxygens (including phenoxy) is 1. The first-order chi connectivity index (χ1) is 19.0. The van der Waals surface area contributed by atoms with E-state index in [1.807, 2.05) is 0 Å². The normalized spacial score (nSPS) is 21.6. The summed E-state index contributed by atoms with van der Waals surface area (Å²) in [7, 11) is 0. The predicted molar refractivity (Wildman–Crippen MR) is 138 cm³/mol. The summed E-state index contributed by atoms with van der Waals surface area (Å²) in [6.45, 7) is 2.64. The smallest absolute Gasteiger partial charge is 0.275 e. The molecule has 0 aliphatic carbocycles. The van der Waals surface area contributed by atoms with Gasteiger partial charge in [-0.2, -0.15) is 0 Å². The highest BCUT2D eigenvalue weighted by atomic mass is 19.1. The summed E-state index contributed by atoms with van der Waals surface area (Å²) in [6, 6.07) is 8.64. The van der Waals surface area contributed by atoms with Gasteiger partial charge in [-0.25, -0.2) is 13.2 Å². The second-order valence-corrected chi connectivity index (χ2v) is 10.1. The van der Waals surface area contributed by atoms with Gasteiger partial charge in [-0.15, -0.1) is 0 Å². The molecular formula is C29H26F3N3O5. The van der Waals surface area contributed by atoms with Crippen molar-refractivity contribution in [1.29, 1.82) is 0 Å². The van der Waals surface area contributed by atoms with Crippen LogP contribution in [0, 0.1) is 17.5 Å². The van der Waals surface area contributed by atoms with Crippen LogP contribution in [0.25, 0.3) is 0 Å². The van der Waals surface area contributed by atoms with Crippen LogP contribution >= 0.6 is 0 Å². The molecule has 11 heteroatoms. The van der Waals surface area contributed by atoms with Crippen molar-refractivity contribution in [3.05, 3.63) is 111 Å². The second kappa shape index (κ2) is 10.3. The predicted octanol–water partition coefficient (Wildman–Crippen LogP) is 3.48. The molecular weight excluding hydrogens is 527 g/mol. The van der Waals surface area contributed by atoms with Crippen LogP contribution in [0.3, 0.4) is 0 Å². The minimum Gasteiger partial charge on any atom is -0.483 e. The fraction of sp³-hybridized carbons (Fsp3) is 0.276. The molecule has 0 radical (unpaired) electrons. The molecule has 5 rings (SSSR count). The molecule has 2 aromatic carbocycles. The lowest BCUT2D eigenvalue weighted by Gasteiger charge is -2.41. The number of aromatic nitrogens is 1. The number of pyridine rings is 1. The van der Waals surface area contributed by atoms with Gasteiger partial charge in [0.1, 0.15) is 35.2 Å². The lowest BCUT2D eigenvalue weighted by molar-refractivity contribution is 0.0202. The summed E-state index contributed by atoms with van der Waals surface area (Å²) in [4.78, 5) is 42.0. The van der Waals surface area contributed by atoms with Gasteiger partial charge < -0.3 is 24.6 Å². The molecule has 1 aromatic heterocycles. The number of hydrogen-bond acceptors (Lipinski definition) is 5. The minimum absolute atomic E-state index is 0.0844. The molecule has 2 N–H and O–H groups in total. The third-order valence-electron chi connectivity index (χ3n) is 7.24. The first-order valence-corrected chi connectivity index (χ1v) is 12.6. The molecule has 8 nitrogen and oxygen atoms in total. The lowest BCUT2D eigenvalue weighted by Crippen LogP contribution is -2.52. The van der Waals surface area contributed by atoms with Gasteiger partial charge in [-0.3, -0.25) is 14.4 Å². The second-order valence-electron chi connectivity index (χ2n) is 10.1. The molecule has 0 saturated heterocycles. The largest absolute Gasteiger partial charge is 0.483 e. The van der Waals surface area contributed by atoms with E-state index in [0.717, 1.165) is 6.20 Å². The Morgan fingerprint density at radius 1 is 1.15 bits per heavy atom. The van der Waals surface area contributed by atoms with E-state index in [-0.39, 0.29) is 24.6 Å². The zero-order valence-electron chi connectivity index (χ0n) is 21.7. The Balaban J connectivity index is 1.59. The molecule has 2 amide bonds. The molecule has 3 aromatic rings. The molecule has 40 heavy (non-hydrogen) atoms. The number of benzene rings is 2. The van der Waals surface area contributed by atoms with E-state index in [2.05, 4.69) is 5.32 Å². The number of hydrogen-bond donors (Lipinski definition) is 2. The van der Waals surface area contributed by atoms with Crippen molar-refractivity contribution >= 4 is 11.8 Å². The van der Waals surface area contributed by atoms with Crippen molar-refractivity contribution in [3.63, 3.8) is 0 Å². The zero-order chi connectivity index (χ0) is 28.8. The van der Waals surface area contributed by atoms with Crippen molar-refractivity contribution in [3.8, 4) is 5.75 Å². The summed E-state index contributed by atoms with van der Waals surface area (Å²) >= 11 is 0. The maximum absolute atomic E-state index is 14.1. The maximum atomic E-state index is 14.1. The highest BCUT2D eigenvalue weighted by Crippen LogP contribution is 2.37. The molecule has 0 saturated carbocycles. The Morgan fingerprint density at radius 2 is 1.82 bits per heavy atom. The van der Waals surface area contributed by atoms with Gasteiger partial charge >= 0.3 is 0 Å². The van der Waals surface area contributed by atoms with Crippen molar-refractivity contribution in [2.75, 3.05) is 6.54 Å². The minimum atomic E-state index is -1.47. The van der Waals surface area contributed by atoms with E-state index in [1.165, 1.54) is 9.47 Å². The fourth-order valence-electron chi connectivity index (χ4n) is 4.95. The highest BCUT2D eigenvalue weighted by molar-refractivity contribution is 5.99. The highest BCUT2D eigenvalue weighted by Gasteiger charge is 2.45. The number of aliphatic hydroxyl groups is 1. The van der Waals surface area contributed by atoms with E-state index >= 15 is 0 Å². The maximum Gasteiger partial charge on any atom is 0.275 e. The lowest BCUT2D eigenvalue weighted by atomic mass is 9.93. The van der Waals surface area contributed by atoms with Gasteiger partial charge in [0, 0.05) is 43.0 Å². The van der Waals surface area contributed by atoms with Gasteiger partial charge in [0.2, 0.25) is 5.43 Å². The van der Waals surface area contributed by atoms with Crippen LogP contribution in [0.1, 0.15) is 51.9 Å². The monoisotopic (exact) mass is 553 g/mol. The van der Waals surface area contributed by atoms with Gasteiger partial charge in [0.15, 0.2) is 11.4 Å². The average molecular weight is 554 g/mol. The fourth-order valence-corrected chi connectivity index (χ4v) is 4.95. The van der Waals surface area contributed by atoms with E-state index in [0.29, 0.717) is 17.7 Å². The van der Waals surface area contributed by atoms with Crippen LogP contribution in [0.2, 0.25) is 0 Å². The Labute approximate surface area is 227 Å². The first-order valence-electron chi connectivity index (χ1n) is 12.6. The number of carbonyl (C=O) groups excluding carboxylic acids is 2. The molecule has 0 unspecified atom stereocenters. The molecule has 2 aliphatic rings. The third-order valence-corrected chi connectivity index (χ3v) is 7.24. The summed E-state index contributed by atoms with van der Waals surface area (Å²) in [5.74, 6) is -5.43. The summed E-state index contributed by atoms with van der Waals surface area (Å²) < 4.78 is 48.8. The van der Waals surface area contributed by atoms with Crippen LogP contribution in [-0.2, 0) is 13.2 Å². The van der Waals surface area contributed by atoms with Crippen molar-refractivity contribution in [2.24, 2.45) is 0 Å². The number of rotatable bonds is 6. The van der Waals surface area contributed by atoms with Crippen molar-refractivity contribution in [1.82, 2.24) is 14.8 Å². The first kappa shape index (κ1) is 27.2. The van der Waals surface area contributed by atoms with E-state index < -0.39 is 70.1 Å². The van der Waals surface area contributed by atoms with Crippen LogP contribution in [0.5, 0.6) is 5.75 Å². The molecule has 3 atom stereocenters. The molecule has 0 fully saturated rings. The van der Waals surface area contributed by atoms with Crippen LogP contribution in [-0.4, -0.2) is 44.6 Å². The number of halogens is 3. The van der Waals surface area contributed by atoms with E-state index in [4.69, 9.17) is 4.74 Å². The van der Waals surface area contributed by atoms with Gasteiger partial charge in [0.05, 0.1) is 6.04 Å². The van der Waals surface area contributed by atoms with Gasteiger partial charge in [-0.05, 0) is 19.4 Å². The number of amides is 2.